The largest absolute Gasteiger partial charge is 0.497 e. The Labute approximate surface area is 214 Å². The van der Waals surface area contributed by atoms with E-state index in [1.165, 1.54) is 11.3 Å². The van der Waals surface area contributed by atoms with Crippen LogP contribution in [0.4, 0.5) is 0 Å². The number of fused-ring (bicyclic) bond motifs is 1. The standard InChI is InChI=1S/C25H23IN2O5S/c1-5-33-24(30)21-14(2)27-25-28(22(21)16-7-9-17(31-3)10-8-16)23(29)20(34-25)13-15-6-11-19(32-4)18(26)12-15/h6-13,22H,5H2,1-4H3/b20-13-/t22-/m1/s1. The van der Waals surface area contributed by atoms with Crippen LogP contribution in [-0.4, -0.2) is 31.4 Å². The van der Waals surface area contributed by atoms with Gasteiger partial charge in [0.05, 0.1) is 46.2 Å². The van der Waals surface area contributed by atoms with Crippen molar-refractivity contribution in [1.82, 2.24) is 4.57 Å². The molecule has 0 aliphatic carbocycles. The van der Waals surface area contributed by atoms with Gasteiger partial charge in [0.15, 0.2) is 4.80 Å². The third kappa shape index (κ3) is 4.54. The first-order chi connectivity index (χ1) is 16.4. The highest BCUT2D eigenvalue weighted by molar-refractivity contribution is 14.1. The Bertz CT molecular complexity index is 1450. The topological polar surface area (TPSA) is 79.1 Å². The summed E-state index contributed by atoms with van der Waals surface area (Å²) >= 11 is 3.49. The molecule has 0 saturated heterocycles. The number of aromatic nitrogens is 1. The molecule has 9 heteroatoms. The lowest BCUT2D eigenvalue weighted by Crippen LogP contribution is -2.39. The van der Waals surface area contributed by atoms with Gasteiger partial charge in [-0.2, -0.15) is 0 Å². The fraction of sp³-hybridized carbons (Fsp3) is 0.240. The average Bonchev–Trinajstić information content (AvgIpc) is 3.12. The fourth-order valence-electron chi connectivity index (χ4n) is 3.82. The third-order valence-corrected chi connectivity index (χ3v) is 7.25. The number of carbonyl (C=O) groups is 1. The van der Waals surface area contributed by atoms with Gasteiger partial charge in [0.1, 0.15) is 11.5 Å². The summed E-state index contributed by atoms with van der Waals surface area (Å²) in [6.07, 6.45) is 1.83. The number of halogens is 1. The Kier molecular flexibility index (Phi) is 7.22. The second kappa shape index (κ2) is 10.1. The third-order valence-electron chi connectivity index (χ3n) is 5.42. The van der Waals surface area contributed by atoms with E-state index in [0.29, 0.717) is 26.4 Å². The van der Waals surface area contributed by atoms with Crippen molar-refractivity contribution in [2.24, 2.45) is 4.99 Å². The van der Waals surface area contributed by atoms with Crippen LogP contribution in [0.3, 0.4) is 0 Å². The molecule has 0 radical (unpaired) electrons. The predicted molar refractivity (Wildman–Crippen MR) is 139 cm³/mol. The number of methoxy groups -OCH3 is 2. The molecule has 3 aromatic rings. The van der Waals surface area contributed by atoms with Gasteiger partial charge in [0.25, 0.3) is 5.56 Å². The lowest BCUT2D eigenvalue weighted by molar-refractivity contribution is -0.139. The number of hydrogen-bond donors (Lipinski definition) is 0. The van der Waals surface area contributed by atoms with E-state index in [1.807, 2.05) is 48.5 Å². The number of nitrogens with zero attached hydrogens (tertiary/aromatic N) is 2. The zero-order valence-electron chi connectivity index (χ0n) is 19.1. The highest BCUT2D eigenvalue weighted by atomic mass is 127. The van der Waals surface area contributed by atoms with Gasteiger partial charge in [-0.3, -0.25) is 9.36 Å². The van der Waals surface area contributed by atoms with Gasteiger partial charge < -0.3 is 14.2 Å². The first-order valence-electron chi connectivity index (χ1n) is 10.5. The predicted octanol–water partition coefficient (Wildman–Crippen LogP) is 3.42. The molecule has 1 atom stereocenters. The smallest absolute Gasteiger partial charge is 0.338 e. The first kappa shape index (κ1) is 24.2. The van der Waals surface area contributed by atoms with Gasteiger partial charge >= 0.3 is 5.97 Å². The molecule has 1 aliphatic heterocycles. The van der Waals surface area contributed by atoms with E-state index in [4.69, 9.17) is 14.2 Å². The van der Waals surface area contributed by atoms with Crippen LogP contribution in [0.2, 0.25) is 0 Å². The van der Waals surface area contributed by atoms with Crippen LogP contribution in [0.25, 0.3) is 6.08 Å². The summed E-state index contributed by atoms with van der Waals surface area (Å²) in [7, 11) is 3.21. The van der Waals surface area contributed by atoms with Crippen molar-refractivity contribution in [3.63, 3.8) is 0 Å². The summed E-state index contributed by atoms with van der Waals surface area (Å²) in [6, 6.07) is 12.4. The molecule has 0 fully saturated rings. The Morgan fingerprint density at radius 1 is 1.18 bits per heavy atom. The molecule has 2 aromatic carbocycles. The number of ether oxygens (including phenoxy) is 3. The summed E-state index contributed by atoms with van der Waals surface area (Å²) in [5.74, 6) is 0.973. The number of thiazole rings is 1. The van der Waals surface area contributed by atoms with Crippen LogP contribution in [0.1, 0.15) is 31.0 Å². The van der Waals surface area contributed by atoms with Gasteiger partial charge in [-0.15, -0.1) is 0 Å². The lowest BCUT2D eigenvalue weighted by Gasteiger charge is -2.24. The zero-order chi connectivity index (χ0) is 24.4. The van der Waals surface area contributed by atoms with Gasteiger partial charge in [-0.1, -0.05) is 29.5 Å². The number of esters is 1. The van der Waals surface area contributed by atoms with E-state index in [9.17, 15) is 9.59 Å². The SMILES string of the molecule is CCOC(=O)C1=C(C)N=c2s/c(=C\c3ccc(OC)c(I)c3)c(=O)n2[C@@H]1c1ccc(OC)cc1. The highest BCUT2D eigenvalue weighted by Crippen LogP contribution is 2.31. The highest BCUT2D eigenvalue weighted by Gasteiger charge is 2.33. The van der Waals surface area contributed by atoms with Crippen molar-refractivity contribution in [3.8, 4) is 11.5 Å². The summed E-state index contributed by atoms with van der Waals surface area (Å²) in [6.45, 7) is 3.75. The number of carbonyl (C=O) groups excluding carboxylic acids is 1. The molecule has 0 bridgehead atoms. The van der Waals surface area contributed by atoms with Crippen LogP contribution < -0.4 is 24.4 Å². The molecule has 2 heterocycles. The fourth-order valence-corrected chi connectivity index (χ4v) is 5.62. The van der Waals surface area contributed by atoms with Crippen molar-refractivity contribution in [1.29, 1.82) is 0 Å². The summed E-state index contributed by atoms with van der Waals surface area (Å²) in [4.78, 5) is 31.7. The van der Waals surface area contributed by atoms with Gasteiger partial charge in [0.2, 0.25) is 0 Å². The lowest BCUT2D eigenvalue weighted by atomic mass is 9.96. The van der Waals surface area contributed by atoms with Crippen LogP contribution >= 0.6 is 33.9 Å². The van der Waals surface area contributed by atoms with E-state index in [1.54, 1.807) is 32.6 Å². The molecule has 7 nitrogen and oxygen atoms in total. The molecule has 1 aliphatic rings. The van der Waals surface area contributed by atoms with E-state index < -0.39 is 12.0 Å². The molecular formula is C25H23IN2O5S. The molecule has 0 amide bonds. The minimum absolute atomic E-state index is 0.218. The van der Waals surface area contributed by atoms with Crippen LogP contribution in [0, 0.1) is 3.57 Å². The zero-order valence-corrected chi connectivity index (χ0v) is 22.1. The molecule has 1 aromatic heterocycles. The average molecular weight is 590 g/mol. The van der Waals surface area contributed by atoms with Crippen LogP contribution in [0.5, 0.6) is 11.5 Å². The maximum absolute atomic E-state index is 13.6. The molecule has 4 rings (SSSR count). The minimum Gasteiger partial charge on any atom is -0.497 e. The number of hydrogen-bond acceptors (Lipinski definition) is 7. The minimum atomic E-state index is -0.653. The molecular weight excluding hydrogens is 567 g/mol. The van der Waals surface area contributed by atoms with Crippen molar-refractivity contribution in [3.05, 3.63) is 88.1 Å². The van der Waals surface area contributed by atoms with E-state index >= 15 is 0 Å². The van der Waals surface area contributed by atoms with E-state index in [2.05, 4.69) is 27.6 Å². The second-order valence-corrected chi connectivity index (χ2v) is 9.64. The Balaban J connectivity index is 1.92. The molecule has 176 valence electrons. The molecule has 34 heavy (non-hydrogen) atoms. The van der Waals surface area contributed by atoms with Crippen LogP contribution in [-0.2, 0) is 9.53 Å². The molecule has 0 N–H and O–H groups in total. The van der Waals surface area contributed by atoms with Crippen LogP contribution in [0.15, 0.2) is 63.5 Å². The summed E-state index contributed by atoms with van der Waals surface area (Å²) in [5, 5.41) is 0. The van der Waals surface area contributed by atoms with Crippen molar-refractivity contribution >= 4 is 46.0 Å². The van der Waals surface area contributed by atoms with E-state index in [-0.39, 0.29) is 12.2 Å². The first-order valence-corrected chi connectivity index (χ1v) is 12.4. The monoisotopic (exact) mass is 590 g/mol. The molecule has 0 unspecified atom stereocenters. The van der Waals surface area contributed by atoms with Gasteiger partial charge in [0, 0.05) is 0 Å². The maximum Gasteiger partial charge on any atom is 0.338 e. The van der Waals surface area contributed by atoms with Gasteiger partial charge in [-0.05, 0) is 77.9 Å². The van der Waals surface area contributed by atoms with Gasteiger partial charge in [-0.25, -0.2) is 9.79 Å². The van der Waals surface area contributed by atoms with Crippen molar-refractivity contribution in [2.75, 3.05) is 20.8 Å². The summed E-state index contributed by atoms with van der Waals surface area (Å²) in [5.41, 5.74) is 2.31. The number of rotatable bonds is 6. The molecule has 0 spiro atoms. The molecule has 0 saturated carbocycles. The number of allylic oxidation sites excluding steroid dienone is 1. The second-order valence-electron chi connectivity index (χ2n) is 7.47. The van der Waals surface area contributed by atoms with Crippen molar-refractivity contribution < 1.29 is 19.0 Å². The Morgan fingerprint density at radius 3 is 2.53 bits per heavy atom. The normalized spacial score (nSPS) is 15.6. The Morgan fingerprint density at radius 2 is 1.91 bits per heavy atom. The van der Waals surface area contributed by atoms with Crippen molar-refractivity contribution in [2.45, 2.75) is 19.9 Å². The Hall–Kier alpha value is -2.92. The summed E-state index contributed by atoms with van der Waals surface area (Å²) < 4.78 is 19.0. The van der Waals surface area contributed by atoms with E-state index in [0.717, 1.165) is 20.4 Å². The number of benzene rings is 2. The maximum atomic E-state index is 13.6. The quantitative estimate of drug-likeness (QED) is 0.325.